The summed E-state index contributed by atoms with van der Waals surface area (Å²) >= 11 is 0. The van der Waals surface area contributed by atoms with Gasteiger partial charge in [0, 0.05) is 12.5 Å². The highest BCUT2D eigenvalue weighted by Gasteiger charge is 2.07. The largest absolute Gasteiger partial charge is 0.491 e. The molecule has 0 aliphatic carbocycles. The summed E-state index contributed by atoms with van der Waals surface area (Å²) in [5.41, 5.74) is 1.48. The maximum absolute atomic E-state index is 11.1. The summed E-state index contributed by atoms with van der Waals surface area (Å²) in [6.07, 6.45) is 7.22. The molecule has 1 unspecified atom stereocenters. The first-order valence-electron chi connectivity index (χ1n) is 9.29. The number of aliphatic hydroxyl groups is 1. The van der Waals surface area contributed by atoms with E-state index in [2.05, 4.69) is 9.72 Å². The Balaban J connectivity index is 1.90. The van der Waals surface area contributed by atoms with Crippen LogP contribution >= 0.6 is 0 Å². The highest BCUT2D eigenvalue weighted by Crippen LogP contribution is 2.27. The fourth-order valence-electron chi connectivity index (χ4n) is 2.58. The summed E-state index contributed by atoms with van der Waals surface area (Å²) in [5.74, 6) is 0.959. The number of aliphatic hydroxyl groups excluding tert-OH is 1. The van der Waals surface area contributed by atoms with Gasteiger partial charge in [-0.1, -0.05) is 30.3 Å². The molecule has 2 aromatic rings. The molecule has 28 heavy (non-hydrogen) atoms. The van der Waals surface area contributed by atoms with E-state index in [1.54, 1.807) is 31.5 Å². The summed E-state index contributed by atoms with van der Waals surface area (Å²) in [7, 11) is 2.96. The molecule has 0 amide bonds. The van der Waals surface area contributed by atoms with E-state index >= 15 is 0 Å². The number of hydrogen-bond donors (Lipinski definition) is 1. The highest BCUT2D eigenvalue weighted by atomic mass is 16.5. The van der Waals surface area contributed by atoms with Crippen LogP contribution in [0.15, 0.2) is 48.7 Å². The smallest absolute Gasteiger partial charge is 0.305 e. The minimum absolute atomic E-state index is 0.189. The normalized spacial score (nSPS) is 12.0. The lowest BCUT2D eigenvalue weighted by Crippen LogP contribution is -2.02. The van der Waals surface area contributed by atoms with E-state index in [0.717, 1.165) is 24.8 Å². The summed E-state index contributed by atoms with van der Waals surface area (Å²) in [6, 6.07) is 11.2. The number of unbranched alkanes of at least 4 members (excludes halogenated alkanes) is 2. The lowest BCUT2D eigenvalue weighted by molar-refractivity contribution is -0.140. The van der Waals surface area contributed by atoms with E-state index in [-0.39, 0.29) is 5.97 Å². The van der Waals surface area contributed by atoms with Gasteiger partial charge < -0.3 is 19.3 Å². The second-order valence-electron chi connectivity index (χ2n) is 6.21. The first kappa shape index (κ1) is 21.4. The Labute approximate surface area is 165 Å². The van der Waals surface area contributed by atoms with Crippen LogP contribution in [-0.2, 0) is 9.53 Å². The monoisotopic (exact) mass is 385 g/mol. The fraction of sp³-hybridized carbons (Fsp3) is 0.364. The summed E-state index contributed by atoms with van der Waals surface area (Å²) in [4.78, 5) is 15.4. The quantitative estimate of drug-likeness (QED) is 0.466. The van der Waals surface area contributed by atoms with Crippen molar-refractivity contribution in [3.8, 4) is 11.5 Å². The molecule has 1 aromatic heterocycles. The number of carbonyl (C=O) groups excluding carboxylic acids is 1. The topological polar surface area (TPSA) is 77.9 Å². The highest BCUT2D eigenvalue weighted by molar-refractivity contribution is 5.68. The Morgan fingerprint density at radius 2 is 1.93 bits per heavy atom. The number of aromatic nitrogens is 1. The number of nitrogens with zero attached hydrogens (tertiary/aromatic N) is 1. The summed E-state index contributed by atoms with van der Waals surface area (Å²) in [5, 5.41) is 10.2. The van der Waals surface area contributed by atoms with E-state index in [1.807, 2.05) is 30.3 Å². The Morgan fingerprint density at radius 3 is 2.64 bits per heavy atom. The van der Waals surface area contributed by atoms with E-state index in [9.17, 15) is 9.90 Å². The van der Waals surface area contributed by atoms with Gasteiger partial charge in [0.1, 0.15) is 0 Å². The van der Waals surface area contributed by atoms with E-state index in [0.29, 0.717) is 30.2 Å². The number of methoxy groups -OCH3 is 2. The van der Waals surface area contributed by atoms with Crippen molar-refractivity contribution in [1.82, 2.24) is 4.98 Å². The molecule has 1 atom stereocenters. The minimum Gasteiger partial charge on any atom is -0.491 e. The number of hydrogen-bond acceptors (Lipinski definition) is 6. The maximum atomic E-state index is 11.1. The maximum Gasteiger partial charge on any atom is 0.305 e. The van der Waals surface area contributed by atoms with Gasteiger partial charge in [-0.25, -0.2) is 0 Å². The van der Waals surface area contributed by atoms with Crippen molar-refractivity contribution in [2.24, 2.45) is 0 Å². The van der Waals surface area contributed by atoms with Crippen molar-refractivity contribution >= 4 is 12.0 Å². The third-order valence-electron chi connectivity index (χ3n) is 4.17. The molecule has 6 heteroatoms. The molecule has 0 spiro atoms. The van der Waals surface area contributed by atoms with E-state index < -0.39 is 6.10 Å². The first-order chi connectivity index (χ1) is 13.6. The fourth-order valence-corrected chi connectivity index (χ4v) is 2.58. The molecule has 1 aromatic carbocycles. The molecule has 0 saturated carbocycles. The third-order valence-corrected chi connectivity index (χ3v) is 4.17. The van der Waals surface area contributed by atoms with Crippen LogP contribution in [0.25, 0.3) is 6.08 Å². The Kier molecular flexibility index (Phi) is 9.01. The molecule has 0 saturated heterocycles. The molecule has 0 fully saturated rings. The van der Waals surface area contributed by atoms with Crippen LogP contribution in [-0.4, -0.2) is 36.9 Å². The van der Waals surface area contributed by atoms with Gasteiger partial charge in [0.15, 0.2) is 11.5 Å². The van der Waals surface area contributed by atoms with Crippen molar-refractivity contribution in [2.45, 2.75) is 31.8 Å². The second-order valence-corrected chi connectivity index (χ2v) is 6.21. The van der Waals surface area contributed by atoms with Crippen LogP contribution < -0.4 is 9.47 Å². The lowest BCUT2D eigenvalue weighted by Gasteiger charge is -2.11. The zero-order chi connectivity index (χ0) is 20.2. The van der Waals surface area contributed by atoms with Crippen molar-refractivity contribution in [3.05, 3.63) is 59.9 Å². The minimum atomic E-state index is -0.704. The van der Waals surface area contributed by atoms with Gasteiger partial charge in [-0.05, 0) is 37.0 Å². The number of carbonyl (C=O) groups is 1. The van der Waals surface area contributed by atoms with Crippen molar-refractivity contribution < 1.29 is 24.1 Å². The summed E-state index contributed by atoms with van der Waals surface area (Å²) < 4.78 is 15.7. The average Bonchev–Trinajstić information content (AvgIpc) is 2.74. The predicted molar refractivity (Wildman–Crippen MR) is 107 cm³/mol. The lowest BCUT2D eigenvalue weighted by atomic mass is 10.1. The second kappa shape index (κ2) is 11.8. The zero-order valence-electron chi connectivity index (χ0n) is 16.3. The molecule has 0 aliphatic rings. The number of benzene rings is 1. The SMILES string of the molecule is COC(=O)CCCCCOc1cc(C=CC(O)c2ccccc2)ncc1OC. The Hall–Kier alpha value is -2.86. The van der Waals surface area contributed by atoms with Gasteiger partial charge in [-0.3, -0.25) is 9.78 Å². The van der Waals surface area contributed by atoms with Gasteiger partial charge in [-0.15, -0.1) is 0 Å². The van der Waals surface area contributed by atoms with E-state index in [1.165, 1.54) is 7.11 Å². The van der Waals surface area contributed by atoms with Crippen molar-refractivity contribution in [2.75, 3.05) is 20.8 Å². The molecular weight excluding hydrogens is 358 g/mol. The molecule has 0 aliphatic heterocycles. The average molecular weight is 385 g/mol. The van der Waals surface area contributed by atoms with Crippen LogP contribution in [0.2, 0.25) is 0 Å². The molecule has 1 heterocycles. The van der Waals surface area contributed by atoms with Crippen LogP contribution in [0.4, 0.5) is 0 Å². The predicted octanol–water partition coefficient (Wildman–Crippen LogP) is 3.95. The van der Waals surface area contributed by atoms with Crippen LogP contribution in [0.1, 0.15) is 43.0 Å². The van der Waals surface area contributed by atoms with Crippen LogP contribution in [0.5, 0.6) is 11.5 Å². The molecule has 6 nitrogen and oxygen atoms in total. The standard InChI is InChI=1S/C22H27NO5/c1-26-21-16-23-18(12-13-19(24)17-9-5-3-6-10-17)15-20(21)28-14-8-4-7-11-22(25)27-2/h3,5-6,9-10,12-13,15-16,19,24H,4,7-8,11,14H2,1-2H3. The summed E-state index contributed by atoms with van der Waals surface area (Å²) in [6.45, 7) is 0.511. The number of ether oxygens (including phenoxy) is 3. The van der Waals surface area contributed by atoms with Gasteiger partial charge in [0.2, 0.25) is 0 Å². The zero-order valence-corrected chi connectivity index (χ0v) is 16.3. The van der Waals surface area contributed by atoms with Crippen molar-refractivity contribution in [3.63, 3.8) is 0 Å². The molecule has 150 valence electrons. The molecule has 0 bridgehead atoms. The molecule has 2 rings (SSSR count). The first-order valence-corrected chi connectivity index (χ1v) is 9.29. The van der Waals surface area contributed by atoms with Crippen molar-refractivity contribution in [1.29, 1.82) is 0 Å². The van der Waals surface area contributed by atoms with Gasteiger partial charge in [0.25, 0.3) is 0 Å². The van der Waals surface area contributed by atoms with E-state index in [4.69, 9.17) is 9.47 Å². The van der Waals surface area contributed by atoms with Gasteiger partial charge >= 0.3 is 5.97 Å². The molecule has 1 N–H and O–H groups in total. The molecular formula is C22H27NO5. The Bertz CT molecular complexity index is 761. The number of rotatable bonds is 11. The van der Waals surface area contributed by atoms with Gasteiger partial charge in [0.05, 0.1) is 38.8 Å². The third kappa shape index (κ3) is 7.04. The van der Waals surface area contributed by atoms with Crippen LogP contribution in [0.3, 0.4) is 0 Å². The Morgan fingerprint density at radius 1 is 1.14 bits per heavy atom. The van der Waals surface area contributed by atoms with Crippen LogP contribution in [0, 0.1) is 0 Å². The molecule has 0 radical (unpaired) electrons. The number of pyridine rings is 1. The van der Waals surface area contributed by atoms with Gasteiger partial charge in [-0.2, -0.15) is 0 Å². The number of esters is 1.